The maximum absolute atomic E-state index is 12.0. The van der Waals surface area contributed by atoms with Crippen LogP contribution in [0.2, 0.25) is 0 Å². The molecule has 0 bridgehead atoms. The smallest absolute Gasteiger partial charge is 0.234 e. The molecule has 0 spiro atoms. The Balaban J connectivity index is 1.69. The molecule has 0 fully saturated rings. The Kier molecular flexibility index (Phi) is 3.89. The number of aromatic amines is 1. The Morgan fingerprint density at radius 2 is 2.17 bits per heavy atom. The van der Waals surface area contributed by atoms with Crippen molar-refractivity contribution in [1.82, 2.24) is 19.9 Å². The number of rotatable bonds is 4. The number of amides is 1. The summed E-state index contributed by atoms with van der Waals surface area (Å²) in [5, 5.41) is 12.9. The van der Waals surface area contributed by atoms with Crippen LogP contribution in [0.1, 0.15) is 0 Å². The fourth-order valence-electron chi connectivity index (χ4n) is 1.90. The van der Waals surface area contributed by atoms with Crippen LogP contribution in [-0.2, 0) is 4.79 Å². The van der Waals surface area contributed by atoms with Gasteiger partial charge in [-0.1, -0.05) is 11.8 Å². The number of fused-ring (bicyclic) bond motifs is 1. The lowest BCUT2D eigenvalue weighted by Gasteiger charge is -2.08. The van der Waals surface area contributed by atoms with Crippen LogP contribution < -0.4 is 16.8 Å². The van der Waals surface area contributed by atoms with Crippen molar-refractivity contribution in [2.24, 2.45) is 0 Å². The van der Waals surface area contributed by atoms with E-state index in [2.05, 4.69) is 25.3 Å². The second kappa shape index (κ2) is 6.01. The van der Waals surface area contributed by atoms with Gasteiger partial charge < -0.3 is 26.9 Å². The van der Waals surface area contributed by atoms with E-state index >= 15 is 0 Å². The molecule has 0 aliphatic heterocycles. The average molecular weight is 331 g/mol. The van der Waals surface area contributed by atoms with Gasteiger partial charge in [0.2, 0.25) is 11.9 Å². The van der Waals surface area contributed by atoms with Gasteiger partial charge in [-0.25, -0.2) is 9.97 Å². The molecule has 118 valence electrons. The van der Waals surface area contributed by atoms with Gasteiger partial charge in [-0.2, -0.15) is 4.98 Å². The normalized spacial score (nSPS) is 10.8. The molecule has 0 saturated heterocycles. The number of H-pyrrole nitrogens is 1. The molecule has 3 aromatic rings. The van der Waals surface area contributed by atoms with Crippen LogP contribution >= 0.6 is 11.8 Å². The number of phenols is 1. The zero-order valence-electron chi connectivity index (χ0n) is 11.8. The maximum atomic E-state index is 12.0. The zero-order chi connectivity index (χ0) is 16.4. The van der Waals surface area contributed by atoms with E-state index in [-0.39, 0.29) is 23.4 Å². The molecular weight excluding hydrogens is 318 g/mol. The van der Waals surface area contributed by atoms with E-state index in [9.17, 15) is 9.90 Å². The Morgan fingerprint density at radius 1 is 1.35 bits per heavy atom. The standard InChI is InChI=1S/C13H13N7O2S/c14-6-1-2-7(8(21)3-6)18-9(22)4-23-12-10-11(17-5-16-10)19-13(15)20-12/h1-3,5,21H,4,14H2,(H,18,22)(H3,15,16,17,19,20). The number of nitrogen functional groups attached to an aromatic ring is 2. The predicted octanol–water partition coefficient (Wildman–Crippen LogP) is 0.954. The highest BCUT2D eigenvalue weighted by Gasteiger charge is 2.12. The predicted molar refractivity (Wildman–Crippen MR) is 88.0 cm³/mol. The van der Waals surface area contributed by atoms with Gasteiger partial charge in [-0.05, 0) is 12.1 Å². The first-order chi connectivity index (χ1) is 11.0. The minimum absolute atomic E-state index is 0.0778. The van der Waals surface area contributed by atoms with Gasteiger partial charge in [0.05, 0.1) is 17.8 Å². The second-order valence-corrected chi connectivity index (χ2v) is 5.57. The molecule has 0 saturated carbocycles. The molecule has 2 aromatic heterocycles. The molecule has 2 heterocycles. The fourth-order valence-corrected chi connectivity index (χ4v) is 2.69. The number of phenolic OH excluding ortho intramolecular Hbond substituents is 1. The van der Waals surface area contributed by atoms with Crippen LogP contribution in [0, 0.1) is 0 Å². The van der Waals surface area contributed by atoms with Gasteiger partial charge in [-0.15, -0.1) is 0 Å². The second-order valence-electron chi connectivity index (χ2n) is 4.60. The summed E-state index contributed by atoms with van der Waals surface area (Å²) in [5.41, 5.74) is 12.9. The van der Waals surface area contributed by atoms with Gasteiger partial charge in [0, 0.05) is 11.8 Å². The highest BCUT2D eigenvalue weighted by atomic mass is 32.2. The summed E-state index contributed by atoms with van der Waals surface area (Å²) < 4.78 is 0. The summed E-state index contributed by atoms with van der Waals surface area (Å²) in [5.74, 6) is -0.233. The van der Waals surface area contributed by atoms with E-state index in [0.29, 0.717) is 27.6 Å². The average Bonchev–Trinajstić information content (AvgIpc) is 2.96. The van der Waals surface area contributed by atoms with Crippen molar-refractivity contribution < 1.29 is 9.90 Å². The van der Waals surface area contributed by atoms with Crippen molar-refractivity contribution in [1.29, 1.82) is 0 Å². The molecule has 1 aromatic carbocycles. The Morgan fingerprint density at radius 3 is 2.96 bits per heavy atom. The quantitative estimate of drug-likeness (QED) is 0.205. The lowest BCUT2D eigenvalue weighted by atomic mass is 10.2. The summed E-state index contributed by atoms with van der Waals surface area (Å²) in [4.78, 5) is 27.0. The number of nitrogens with two attached hydrogens (primary N) is 2. The maximum Gasteiger partial charge on any atom is 0.234 e. The Labute approximate surface area is 134 Å². The van der Waals surface area contributed by atoms with Crippen molar-refractivity contribution in [2.75, 3.05) is 22.5 Å². The third-order valence-corrected chi connectivity index (χ3v) is 3.88. The van der Waals surface area contributed by atoms with E-state index in [1.165, 1.54) is 30.2 Å². The summed E-state index contributed by atoms with van der Waals surface area (Å²) >= 11 is 1.18. The minimum Gasteiger partial charge on any atom is -0.506 e. The van der Waals surface area contributed by atoms with Crippen LogP contribution in [-0.4, -0.2) is 36.7 Å². The van der Waals surface area contributed by atoms with Gasteiger partial charge in [0.25, 0.3) is 0 Å². The molecule has 9 nitrogen and oxygen atoms in total. The summed E-state index contributed by atoms with van der Waals surface area (Å²) in [6.07, 6.45) is 1.48. The van der Waals surface area contributed by atoms with Crippen molar-refractivity contribution in [3.05, 3.63) is 24.5 Å². The fraction of sp³-hybridized carbons (Fsp3) is 0.0769. The number of thioether (sulfide) groups is 1. The summed E-state index contributed by atoms with van der Waals surface area (Å²) in [6.45, 7) is 0. The highest BCUT2D eigenvalue weighted by molar-refractivity contribution is 8.00. The zero-order valence-corrected chi connectivity index (χ0v) is 12.6. The number of aromatic nitrogens is 4. The first-order valence-corrected chi connectivity index (χ1v) is 7.49. The van der Waals surface area contributed by atoms with Crippen molar-refractivity contribution in [3.8, 4) is 5.75 Å². The number of nitrogens with one attached hydrogen (secondary N) is 2. The van der Waals surface area contributed by atoms with E-state index in [1.54, 1.807) is 6.07 Å². The third-order valence-electron chi connectivity index (χ3n) is 2.91. The third kappa shape index (κ3) is 3.26. The van der Waals surface area contributed by atoms with E-state index in [1.807, 2.05) is 0 Å². The van der Waals surface area contributed by atoms with Gasteiger partial charge in [0.1, 0.15) is 16.3 Å². The van der Waals surface area contributed by atoms with Gasteiger partial charge >= 0.3 is 0 Å². The first kappa shape index (κ1) is 14.9. The number of hydrogen-bond acceptors (Lipinski definition) is 8. The number of benzene rings is 1. The number of aromatic hydroxyl groups is 1. The van der Waals surface area contributed by atoms with E-state index in [0.717, 1.165) is 0 Å². The molecular formula is C13H13N7O2S. The van der Waals surface area contributed by atoms with E-state index in [4.69, 9.17) is 11.5 Å². The van der Waals surface area contributed by atoms with Crippen LogP contribution in [0.4, 0.5) is 17.3 Å². The van der Waals surface area contributed by atoms with Crippen LogP contribution in [0.25, 0.3) is 11.2 Å². The van der Waals surface area contributed by atoms with Gasteiger partial charge in [0.15, 0.2) is 5.65 Å². The number of nitrogens with zero attached hydrogens (tertiary/aromatic N) is 3. The SMILES string of the molecule is Nc1ccc(NC(=O)CSc2nc(N)nc3nc[nH]c23)c(O)c1. The molecule has 0 unspecified atom stereocenters. The Bertz CT molecular complexity index is 880. The minimum atomic E-state index is -0.306. The number of anilines is 3. The molecule has 0 aliphatic carbocycles. The summed E-state index contributed by atoms with van der Waals surface area (Å²) in [7, 11) is 0. The molecule has 7 N–H and O–H groups in total. The molecule has 0 atom stereocenters. The molecule has 3 rings (SSSR count). The Hall–Kier alpha value is -3.01. The van der Waals surface area contributed by atoms with Crippen molar-refractivity contribution in [2.45, 2.75) is 5.03 Å². The lowest BCUT2D eigenvalue weighted by molar-refractivity contribution is -0.113. The van der Waals surface area contributed by atoms with Crippen LogP contribution in [0.5, 0.6) is 5.75 Å². The van der Waals surface area contributed by atoms with Crippen molar-refractivity contribution >= 4 is 46.2 Å². The molecule has 23 heavy (non-hydrogen) atoms. The summed E-state index contributed by atoms with van der Waals surface area (Å²) in [6, 6.07) is 4.48. The first-order valence-electron chi connectivity index (χ1n) is 6.50. The number of hydrogen-bond donors (Lipinski definition) is 5. The number of carbonyl (C=O) groups is 1. The topological polar surface area (TPSA) is 156 Å². The van der Waals surface area contributed by atoms with Crippen molar-refractivity contribution in [3.63, 3.8) is 0 Å². The number of imidazole rings is 1. The van der Waals surface area contributed by atoms with Crippen LogP contribution in [0.3, 0.4) is 0 Å². The molecule has 1 amide bonds. The van der Waals surface area contributed by atoms with E-state index < -0.39 is 0 Å². The lowest BCUT2D eigenvalue weighted by Crippen LogP contribution is -2.14. The highest BCUT2D eigenvalue weighted by Crippen LogP contribution is 2.27. The largest absolute Gasteiger partial charge is 0.506 e. The molecule has 0 aliphatic rings. The monoisotopic (exact) mass is 331 g/mol. The molecule has 10 heteroatoms. The number of carbonyl (C=O) groups excluding carboxylic acids is 1. The van der Waals surface area contributed by atoms with Gasteiger partial charge in [-0.3, -0.25) is 4.79 Å². The van der Waals surface area contributed by atoms with Crippen LogP contribution in [0.15, 0.2) is 29.6 Å². The molecule has 0 radical (unpaired) electrons.